The van der Waals surface area contributed by atoms with Crippen LogP contribution in [0.3, 0.4) is 0 Å². The standard InChI is InChI=1S/C15H23N/c1-3-13-11-8-12-14(4-2)16(13)15-9-6-5-7-10-15/h5-7,9-10,13-14H,3-4,8,11-12H2,1-2H3. The maximum Gasteiger partial charge on any atom is 0.0371 e. The Balaban J connectivity index is 2.24. The predicted molar refractivity (Wildman–Crippen MR) is 70.9 cm³/mol. The summed E-state index contributed by atoms with van der Waals surface area (Å²) in [5.41, 5.74) is 1.42. The van der Waals surface area contributed by atoms with Gasteiger partial charge < -0.3 is 4.90 Å². The number of nitrogens with zero attached hydrogens (tertiary/aromatic N) is 1. The Morgan fingerprint density at radius 1 is 1.00 bits per heavy atom. The van der Waals surface area contributed by atoms with Crippen LogP contribution in [-0.2, 0) is 0 Å². The van der Waals surface area contributed by atoms with E-state index in [1.54, 1.807) is 0 Å². The van der Waals surface area contributed by atoms with Gasteiger partial charge in [-0.3, -0.25) is 0 Å². The second kappa shape index (κ2) is 5.38. The summed E-state index contributed by atoms with van der Waals surface area (Å²) in [5, 5.41) is 0. The van der Waals surface area contributed by atoms with Crippen molar-refractivity contribution in [1.82, 2.24) is 0 Å². The number of anilines is 1. The normalized spacial score (nSPS) is 25.8. The molecule has 0 N–H and O–H groups in total. The molecule has 0 spiro atoms. The summed E-state index contributed by atoms with van der Waals surface area (Å²) in [6, 6.07) is 12.4. The van der Waals surface area contributed by atoms with Crippen molar-refractivity contribution in [1.29, 1.82) is 0 Å². The van der Waals surface area contributed by atoms with E-state index in [0.29, 0.717) is 0 Å². The Morgan fingerprint density at radius 3 is 2.06 bits per heavy atom. The number of para-hydroxylation sites is 1. The quantitative estimate of drug-likeness (QED) is 0.732. The number of benzene rings is 1. The zero-order chi connectivity index (χ0) is 11.4. The summed E-state index contributed by atoms with van der Waals surface area (Å²) >= 11 is 0. The van der Waals surface area contributed by atoms with Crippen molar-refractivity contribution in [3.63, 3.8) is 0 Å². The molecule has 0 amide bonds. The minimum absolute atomic E-state index is 0.751. The van der Waals surface area contributed by atoms with E-state index in [9.17, 15) is 0 Å². The van der Waals surface area contributed by atoms with Crippen LogP contribution in [0.25, 0.3) is 0 Å². The zero-order valence-electron chi connectivity index (χ0n) is 10.5. The number of hydrogen-bond acceptors (Lipinski definition) is 1. The SMILES string of the molecule is CCC1CCCC(CC)N1c1ccccc1. The van der Waals surface area contributed by atoms with Crippen molar-refractivity contribution in [2.75, 3.05) is 4.90 Å². The lowest BCUT2D eigenvalue weighted by Gasteiger charge is -2.43. The van der Waals surface area contributed by atoms with Crippen molar-refractivity contribution in [2.24, 2.45) is 0 Å². The predicted octanol–water partition coefficient (Wildman–Crippen LogP) is 4.23. The Morgan fingerprint density at radius 2 is 1.56 bits per heavy atom. The molecule has 1 heteroatoms. The van der Waals surface area contributed by atoms with Crippen molar-refractivity contribution in [3.8, 4) is 0 Å². The molecule has 0 bridgehead atoms. The fraction of sp³-hybridized carbons (Fsp3) is 0.600. The molecule has 2 rings (SSSR count). The Kier molecular flexibility index (Phi) is 3.87. The molecule has 1 fully saturated rings. The first-order chi connectivity index (χ1) is 7.86. The van der Waals surface area contributed by atoms with Crippen molar-refractivity contribution in [2.45, 2.75) is 58.0 Å². The van der Waals surface area contributed by atoms with Gasteiger partial charge in [0.2, 0.25) is 0 Å². The third kappa shape index (κ3) is 2.23. The van der Waals surface area contributed by atoms with Gasteiger partial charge in [0, 0.05) is 17.8 Å². The maximum atomic E-state index is 2.67. The smallest absolute Gasteiger partial charge is 0.0371 e. The molecule has 1 aliphatic heterocycles. The third-order valence-electron chi connectivity index (χ3n) is 3.86. The second-order valence-electron chi connectivity index (χ2n) is 4.80. The summed E-state index contributed by atoms with van der Waals surface area (Å²) < 4.78 is 0. The van der Waals surface area contributed by atoms with Gasteiger partial charge in [-0.1, -0.05) is 32.0 Å². The first kappa shape index (κ1) is 11.5. The molecule has 0 aliphatic carbocycles. The summed E-state index contributed by atoms with van der Waals surface area (Å²) in [6.07, 6.45) is 6.67. The average Bonchev–Trinajstić information content (AvgIpc) is 2.38. The fourth-order valence-corrected chi connectivity index (χ4v) is 2.99. The van der Waals surface area contributed by atoms with Crippen molar-refractivity contribution < 1.29 is 0 Å². The van der Waals surface area contributed by atoms with E-state index in [4.69, 9.17) is 0 Å². The lowest BCUT2D eigenvalue weighted by Crippen LogP contribution is -2.46. The molecule has 1 aromatic carbocycles. The van der Waals surface area contributed by atoms with Gasteiger partial charge in [-0.15, -0.1) is 0 Å². The first-order valence-electron chi connectivity index (χ1n) is 6.70. The minimum atomic E-state index is 0.751. The van der Waals surface area contributed by atoms with Crippen LogP contribution in [0.1, 0.15) is 46.0 Å². The largest absolute Gasteiger partial charge is 0.366 e. The van der Waals surface area contributed by atoms with Crippen LogP contribution in [-0.4, -0.2) is 12.1 Å². The van der Waals surface area contributed by atoms with Gasteiger partial charge in [-0.25, -0.2) is 0 Å². The van der Waals surface area contributed by atoms with E-state index in [2.05, 4.69) is 49.1 Å². The van der Waals surface area contributed by atoms with Crippen LogP contribution < -0.4 is 4.90 Å². The average molecular weight is 217 g/mol. The molecule has 0 aromatic heterocycles. The van der Waals surface area contributed by atoms with Crippen LogP contribution in [0.4, 0.5) is 5.69 Å². The van der Waals surface area contributed by atoms with E-state index in [-0.39, 0.29) is 0 Å². The highest BCUT2D eigenvalue weighted by Crippen LogP contribution is 2.31. The third-order valence-corrected chi connectivity index (χ3v) is 3.86. The summed E-state index contributed by atoms with van der Waals surface area (Å²) in [7, 11) is 0. The van der Waals surface area contributed by atoms with E-state index in [1.807, 2.05) is 0 Å². The van der Waals surface area contributed by atoms with Crippen molar-refractivity contribution >= 4 is 5.69 Å². The van der Waals surface area contributed by atoms with Crippen LogP contribution >= 0.6 is 0 Å². The molecule has 1 aliphatic rings. The molecule has 16 heavy (non-hydrogen) atoms. The highest BCUT2D eigenvalue weighted by molar-refractivity contribution is 5.48. The Hall–Kier alpha value is -0.980. The molecule has 1 nitrogen and oxygen atoms in total. The van der Waals surface area contributed by atoms with Gasteiger partial charge in [-0.2, -0.15) is 0 Å². The number of hydrogen-bond donors (Lipinski definition) is 0. The van der Waals surface area contributed by atoms with Gasteiger partial charge in [0.1, 0.15) is 0 Å². The lowest BCUT2D eigenvalue weighted by molar-refractivity contribution is 0.367. The molecule has 1 aromatic rings. The molecule has 88 valence electrons. The summed E-state index contributed by atoms with van der Waals surface area (Å²) in [5.74, 6) is 0. The highest BCUT2D eigenvalue weighted by atomic mass is 15.2. The molecule has 1 saturated heterocycles. The van der Waals surface area contributed by atoms with E-state index >= 15 is 0 Å². The molecule has 1 heterocycles. The van der Waals surface area contributed by atoms with Gasteiger partial charge >= 0.3 is 0 Å². The van der Waals surface area contributed by atoms with Crippen LogP contribution in [0, 0.1) is 0 Å². The fourth-order valence-electron chi connectivity index (χ4n) is 2.99. The van der Waals surface area contributed by atoms with Gasteiger partial charge in [-0.05, 0) is 44.2 Å². The van der Waals surface area contributed by atoms with Crippen molar-refractivity contribution in [3.05, 3.63) is 30.3 Å². The Bertz CT molecular complexity index is 294. The van der Waals surface area contributed by atoms with Crippen LogP contribution in [0.2, 0.25) is 0 Å². The molecule has 2 atom stereocenters. The maximum absolute atomic E-state index is 2.67. The minimum Gasteiger partial charge on any atom is -0.366 e. The summed E-state index contributed by atoms with van der Waals surface area (Å²) in [6.45, 7) is 4.64. The monoisotopic (exact) mass is 217 g/mol. The van der Waals surface area contributed by atoms with Gasteiger partial charge in [0.25, 0.3) is 0 Å². The topological polar surface area (TPSA) is 3.24 Å². The second-order valence-corrected chi connectivity index (χ2v) is 4.80. The van der Waals surface area contributed by atoms with Crippen LogP contribution in [0.15, 0.2) is 30.3 Å². The number of piperidine rings is 1. The molecular weight excluding hydrogens is 194 g/mol. The van der Waals surface area contributed by atoms with Crippen LogP contribution in [0.5, 0.6) is 0 Å². The number of rotatable bonds is 3. The molecule has 2 unspecified atom stereocenters. The first-order valence-corrected chi connectivity index (χ1v) is 6.70. The zero-order valence-corrected chi connectivity index (χ0v) is 10.5. The van der Waals surface area contributed by atoms with E-state index in [0.717, 1.165) is 12.1 Å². The Labute approximate surface area is 99.5 Å². The summed E-state index contributed by atoms with van der Waals surface area (Å²) in [4.78, 5) is 2.67. The van der Waals surface area contributed by atoms with Gasteiger partial charge in [0.15, 0.2) is 0 Å². The lowest BCUT2D eigenvalue weighted by atomic mass is 9.92. The highest BCUT2D eigenvalue weighted by Gasteiger charge is 2.28. The van der Waals surface area contributed by atoms with Gasteiger partial charge in [0.05, 0.1) is 0 Å². The van der Waals surface area contributed by atoms with E-state index < -0.39 is 0 Å². The molecular formula is C15H23N. The molecule has 0 saturated carbocycles. The molecule has 0 radical (unpaired) electrons. The van der Waals surface area contributed by atoms with E-state index in [1.165, 1.54) is 37.8 Å².